The van der Waals surface area contributed by atoms with Gasteiger partial charge in [0.15, 0.2) is 41.4 Å². The van der Waals surface area contributed by atoms with Gasteiger partial charge in [0.2, 0.25) is 0 Å². The third-order valence-electron chi connectivity index (χ3n) is 7.61. The number of halogens is 4. The summed E-state index contributed by atoms with van der Waals surface area (Å²) in [4.78, 5) is 32.8. The molecule has 0 spiro atoms. The van der Waals surface area contributed by atoms with Gasteiger partial charge in [-0.25, -0.2) is 9.78 Å². The predicted octanol–water partition coefficient (Wildman–Crippen LogP) is 6.71. The topological polar surface area (TPSA) is 118 Å². The zero-order valence-electron chi connectivity index (χ0n) is 24.5. The Morgan fingerprint density at radius 2 is 1.91 bits per heavy atom. The van der Waals surface area contributed by atoms with Crippen molar-refractivity contribution in [3.63, 3.8) is 0 Å². The second-order valence-corrected chi connectivity index (χ2v) is 12.9. The standard InChI is InChI=1S/C32H27Cl2F2N3O7S/c33-23-14-38(42)15-24(34)22(23)12-26(20-6-7-25(46-32(35)36)27(11-20)43-16-18-4-5-18)45-31(41)30-39(8-9-47-30)29(40)21-3-1-2-19(10-21)28-13-37-17-44-28/h1-3,6-7,10-11,13-15,17-18,26,30,32H,4-5,8-9,12,16H2. The molecule has 1 saturated carbocycles. The van der Waals surface area contributed by atoms with Gasteiger partial charge in [-0.05, 0) is 48.6 Å². The first-order valence-corrected chi connectivity index (χ1v) is 16.4. The minimum atomic E-state index is -3.09. The van der Waals surface area contributed by atoms with Gasteiger partial charge in [0.1, 0.15) is 16.1 Å². The molecule has 0 radical (unpaired) electrons. The van der Waals surface area contributed by atoms with Crippen molar-refractivity contribution in [1.82, 2.24) is 9.88 Å². The number of pyridine rings is 1. The van der Waals surface area contributed by atoms with E-state index in [4.69, 9.17) is 37.1 Å². The molecule has 10 nitrogen and oxygen atoms in total. The van der Waals surface area contributed by atoms with E-state index in [1.54, 1.807) is 24.3 Å². The van der Waals surface area contributed by atoms with Crippen molar-refractivity contribution < 1.29 is 41.7 Å². The highest BCUT2D eigenvalue weighted by Gasteiger charge is 2.38. The Morgan fingerprint density at radius 3 is 2.62 bits per heavy atom. The monoisotopic (exact) mass is 705 g/mol. The van der Waals surface area contributed by atoms with Crippen LogP contribution in [0.1, 0.15) is 40.4 Å². The largest absolute Gasteiger partial charge is 0.619 e. The van der Waals surface area contributed by atoms with Crippen molar-refractivity contribution in [3.05, 3.63) is 99.4 Å². The fourth-order valence-electron chi connectivity index (χ4n) is 5.06. The van der Waals surface area contributed by atoms with E-state index in [-0.39, 0.29) is 33.9 Å². The normalized spacial score (nSPS) is 16.7. The molecule has 1 amide bonds. The van der Waals surface area contributed by atoms with E-state index >= 15 is 0 Å². The predicted molar refractivity (Wildman–Crippen MR) is 168 cm³/mol. The lowest BCUT2D eigenvalue weighted by atomic mass is 10.0. The van der Waals surface area contributed by atoms with Crippen LogP contribution < -0.4 is 14.2 Å². The Labute approximate surface area is 282 Å². The number of thioether (sulfide) groups is 1. The molecule has 4 aromatic rings. The maximum absolute atomic E-state index is 13.8. The summed E-state index contributed by atoms with van der Waals surface area (Å²) in [5, 5.41) is 11.0. The highest BCUT2D eigenvalue weighted by molar-refractivity contribution is 8.00. The molecule has 6 rings (SSSR count). The van der Waals surface area contributed by atoms with Crippen LogP contribution in [0.2, 0.25) is 10.0 Å². The molecule has 1 aliphatic carbocycles. The molecule has 246 valence electrons. The Balaban J connectivity index is 1.28. The number of carbonyl (C=O) groups is 2. The van der Waals surface area contributed by atoms with Crippen LogP contribution in [0.15, 0.2) is 71.9 Å². The summed E-state index contributed by atoms with van der Waals surface area (Å²) in [6.07, 6.45) is 5.84. The number of ether oxygens (including phenoxy) is 3. The summed E-state index contributed by atoms with van der Waals surface area (Å²) < 4.78 is 48.8. The molecular formula is C32H27Cl2F2N3O7S. The number of esters is 1. The van der Waals surface area contributed by atoms with Crippen molar-refractivity contribution >= 4 is 46.8 Å². The summed E-state index contributed by atoms with van der Waals surface area (Å²) in [7, 11) is 0. The van der Waals surface area contributed by atoms with Gasteiger partial charge in [-0.2, -0.15) is 13.5 Å². The second kappa shape index (κ2) is 14.4. The van der Waals surface area contributed by atoms with Crippen molar-refractivity contribution in [2.24, 2.45) is 5.92 Å². The molecule has 47 heavy (non-hydrogen) atoms. The quantitative estimate of drug-likeness (QED) is 0.0900. The van der Waals surface area contributed by atoms with Crippen molar-refractivity contribution in [3.8, 4) is 22.8 Å². The van der Waals surface area contributed by atoms with Gasteiger partial charge < -0.3 is 28.7 Å². The van der Waals surface area contributed by atoms with Crippen LogP contribution in [0, 0.1) is 11.1 Å². The molecule has 2 atom stereocenters. The second-order valence-electron chi connectivity index (χ2n) is 10.9. The molecule has 2 aromatic heterocycles. The van der Waals surface area contributed by atoms with Crippen LogP contribution >= 0.6 is 35.0 Å². The average molecular weight is 707 g/mol. The number of hydrogen-bond donors (Lipinski definition) is 0. The number of rotatable bonds is 12. The SMILES string of the molecule is O=C(OC(Cc1c(Cl)c[n+]([O-])cc1Cl)c1ccc(OC(F)F)c(OCC2CC2)c1)C1SCCN1C(=O)c1cccc(-c2cnco2)c1. The van der Waals surface area contributed by atoms with E-state index in [0.29, 0.717) is 57.6 Å². The van der Waals surface area contributed by atoms with Gasteiger partial charge >= 0.3 is 12.6 Å². The van der Waals surface area contributed by atoms with E-state index in [0.717, 1.165) is 25.2 Å². The van der Waals surface area contributed by atoms with Crippen LogP contribution in [-0.4, -0.2) is 52.7 Å². The molecule has 2 fully saturated rings. The number of aromatic nitrogens is 2. The summed E-state index contributed by atoms with van der Waals surface area (Å²) in [6.45, 7) is -2.49. The zero-order valence-corrected chi connectivity index (χ0v) is 26.9. The first-order valence-electron chi connectivity index (χ1n) is 14.6. The van der Waals surface area contributed by atoms with Gasteiger partial charge in [-0.3, -0.25) is 4.79 Å². The van der Waals surface area contributed by atoms with Gasteiger partial charge in [0.05, 0.1) is 12.8 Å². The Hall–Kier alpha value is -4.07. The average Bonchev–Trinajstić information content (AvgIpc) is 3.47. The molecule has 1 saturated heterocycles. The number of nitrogens with zero attached hydrogens (tertiary/aromatic N) is 3. The smallest absolute Gasteiger partial charge is 0.387 e. The van der Waals surface area contributed by atoms with Crippen molar-refractivity contribution in [1.29, 1.82) is 0 Å². The van der Waals surface area contributed by atoms with Crippen molar-refractivity contribution in [2.75, 3.05) is 18.9 Å². The summed E-state index contributed by atoms with van der Waals surface area (Å²) >= 11 is 14.0. The van der Waals surface area contributed by atoms with E-state index < -0.39 is 24.1 Å². The van der Waals surface area contributed by atoms with Crippen LogP contribution in [0.25, 0.3) is 11.3 Å². The number of amides is 1. The fourth-order valence-corrected chi connectivity index (χ4v) is 6.76. The lowest BCUT2D eigenvalue weighted by molar-refractivity contribution is -0.605. The molecule has 0 bridgehead atoms. The maximum atomic E-state index is 13.8. The first-order chi connectivity index (χ1) is 22.7. The lowest BCUT2D eigenvalue weighted by Crippen LogP contribution is -2.40. The van der Waals surface area contributed by atoms with Gasteiger partial charge in [0.25, 0.3) is 5.91 Å². The van der Waals surface area contributed by atoms with Crippen LogP contribution in [0.4, 0.5) is 8.78 Å². The third-order valence-corrected chi connectivity index (χ3v) is 9.44. The Kier molecular flexibility index (Phi) is 10.0. The van der Waals surface area contributed by atoms with Crippen molar-refractivity contribution in [2.45, 2.75) is 37.4 Å². The lowest BCUT2D eigenvalue weighted by Gasteiger charge is -2.26. The van der Waals surface area contributed by atoms with Crippen LogP contribution in [0.3, 0.4) is 0 Å². The van der Waals surface area contributed by atoms with E-state index in [1.165, 1.54) is 47.5 Å². The number of benzene rings is 2. The van der Waals surface area contributed by atoms with Crippen LogP contribution in [0.5, 0.6) is 11.5 Å². The molecule has 2 aromatic carbocycles. The van der Waals surface area contributed by atoms with Gasteiger partial charge in [-0.15, -0.1) is 11.8 Å². The van der Waals surface area contributed by atoms with E-state index in [9.17, 15) is 23.6 Å². The number of alkyl halides is 2. The molecule has 1 aliphatic heterocycles. The zero-order chi connectivity index (χ0) is 33.1. The van der Waals surface area contributed by atoms with Crippen LogP contribution in [-0.2, 0) is 16.0 Å². The molecule has 2 unspecified atom stereocenters. The molecule has 2 aliphatic rings. The molecular weight excluding hydrogens is 679 g/mol. The maximum Gasteiger partial charge on any atom is 0.387 e. The third kappa shape index (κ3) is 7.91. The van der Waals surface area contributed by atoms with Gasteiger partial charge in [0, 0.05) is 35.4 Å². The number of hydrogen-bond acceptors (Lipinski definition) is 9. The minimum absolute atomic E-state index is 0.0371. The highest BCUT2D eigenvalue weighted by atomic mass is 35.5. The highest BCUT2D eigenvalue weighted by Crippen LogP contribution is 2.39. The summed E-state index contributed by atoms with van der Waals surface area (Å²) in [5.41, 5.74) is 1.69. The molecule has 15 heteroatoms. The minimum Gasteiger partial charge on any atom is -0.619 e. The summed E-state index contributed by atoms with van der Waals surface area (Å²) in [5.74, 6) is 0.0647. The van der Waals surface area contributed by atoms with E-state index in [2.05, 4.69) is 9.72 Å². The first kappa shape index (κ1) is 32.9. The van der Waals surface area contributed by atoms with E-state index in [1.807, 2.05) is 0 Å². The molecule has 3 heterocycles. The number of oxazole rings is 1. The summed E-state index contributed by atoms with van der Waals surface area (Å²) in [6, 6.07) is 11.0. The number of carbonyl (C=O) groups excluding carboxylic acids is 2. The molecule has 0 N–H and O–H groups in total. The fraction of sp³-hybridized carbons (Fsp3) is 0.312. The Morgan fingerprint density at radius 1 is 1.13 bits per heavy atom. The Bertz CT molecular complexity index is 1740. The van der Waals surface area contributed by atoms with Gasteiger partial charge in [-0.1, -0.05) is 41.4 Å².